The van der Waals surface area contributed by atoms with Crippen molar-refractivity contribution < 1.29 is 0 Å². The first-order valence-corrected chi connectivity index (χ1v) is 7.40. The van der Waals surface area contributed by atoms with Crippen molar-refractivity contribution in [1.82, 2.24) is 0 Å². The summed E-state index contributed by atoms with van der Waals surface area (Å²) in [6.45, 7) is 4.47. The fraction of sp³-hybridized carbons (Fsp3) is 0.333. The summed E-state index contributed by atoms with van der Waals surface area (Å²) in [5.41, 5.74) is 10.8. The van der Waals surface area contributed by atoms with Crippen LogP contribution in [0.15, 0.2) is 48.5 Å². The average molecular weight is 266 g/mol. The largest absolute Gasteiger partial charge is 0.399 e. The van der Waals surface area contributed by atoms with Gasteiger partial charge in [-0.1, -0.05) is 30.3 Å². The Bertz CT molecular complexity index is 566. The van der Waals surface area contributed by atoms with Gasteiger partial charge < -0.3 is 10.6 Å². The molecule has 104 valence electrons. The van der Waals surface area contributed by atoms with Crippen molar-refractivity contribution in [1.29, 1.82) is 0 Å². The second-order valence-corrected chi connectivity index (χ2v) is 5.71. The Morgan fingerprint density at radius 1 is 0.950 bits per heavy atom. The summed E-state index contributed by atoms with van der Waals surface area (Å²) in [5.74, 6) is 0.677. The molecule has 2 aromatic carbocycles. The maximum atomic E-state index is 5.76. The lowest BCUT2D eigenvalue weighted by Crippen LogP contribution is -2.33. The van der Waals surface area contributed by atoms with Gasteiger partial charge in [-0.05, 0) is 55.0 Å². The summed E-state index contributed by atoms with van der Waals surface area (Å²) in [4.78, 5) is 2.52. The van der Waals surface area contributed by atoms with Gasteiger partial charge >= 0.3 is 0 Å². The molecule has 1 heterocycles. The number of rotatable bonds is 2. The first kappa shape index (κ1) is 13.0. The van der Waals surface area contributed by atoms with Crippen molar-refractivity contribution >= 4 is 11.4 Å². The lowest BCUT2D eigenvalue weighted by atomic mass is 9.89. The molecule has 0 radical (unpaired) electrons. The molecule has 1 aliphatic heterocycles. The molecule has 2 heteroatoms. The van der Waals surface area contributed by atoms with Crippen molar-refractivity contribution in [3.63, 3.8) is 0 Å². The average Bonchev–Trinajstić information content (AvgIpc) is 2.49. The summed E-state index contributed by atoms with van der Waals surface area (Å²) in [6.07, 6.45) is 2.44. The fourth-order valence-corrected chi connectivity index (χ4v) is 3.14. The molecule has 2 aromatic rings. The predicted molar refractivity (Wildman–Crippen MR) is 86.2 cm³/mol. The minimum atomic E-state index is 0.677. The lowest BCUT2D eigenvalue weighted by molar-refractivity contribution is 0.505. The van der Waals surface area contributed by atoms with Crippen molar-refractivity contribution in [3.8, 4) is 0 Å². The van der Waals surface area contributed by atoms with E-state index in [0.29, 0.717) is 5.92 Å². The highest BCUT2D eigenvalue weighted by molar-refractivity contribution is 5.53. The normalized spacial score (nSPS) is 16.4. The minimum absolute atomic E-state index is 0.677. The standard InChI is InChI=1S/C18H22N2/c1-14-4-2-3-5-18(14)20-12-10-16(11-13-20)15-6-8-17(19)9-7-15/h2-9,16H,10-13,19H2,1H3. The number of anilines is 2. The number of nitrogens with zero attached hydrogens (tertiary/aromatic N) is 1. The van der Waals surface area contributed by atoms with Crippen molar-refractivity contribution in [2.75, 3.05) is 23.7 Å². The lowest BCUT2D eigenvalue weighted by Gasteiger charge is -2.34. The Kier molecular flexibility index (Phi) is 3.64. The van der Waals surface area contributed by atoms with E-state index in [4.69, 9.17) is 5.73 Å². The van der Waals surface area contributed by atoms with Crippen molar-refractivity contribution in [3.05, 3.63) is 59.7 Å². The molecule has 0 aliphatic carbocycles. The minimum Gasteiger partial charge on any atom is -0.399 e. The number of piperidine rings is 1. The molecule has 1 aliphatic rings. The molecule has 0 unspecified atom stereocenters. The van der Waals surface area contributed by atoms with E-state index < -0.39 is 0 Å². The molecule has 0 atom stereocenters. The van der Waals surface area contributed by atoms with Gasteiger partial charge in [-0.25, -0.2) is 0 Å². The number of hydrogen-bond donors (Lipinski definition) is 1. The van der Waals surface area contributed by atoms with E-state index in [1.807, 2.05) is 12.1 Å². The summed E-state index contributed by atoms with van der Waals surface area (Å²) in [5, 5.41) is 0. The first-order valence-electron chi connectivity index (χ1n) is 7.40. The van der Waals surface area contributed by atoms with Gasteiger partial charge in [0.15, 0.2) is 0 Å². The van der Waals surface area contributed by atoms with Gasteiger partial charge in [-0.3, -0.25) is 0 Å². The SMILES string of the molecule is Cc1ccccc1N1CCC(c2ccc(N)cc2)CC1. The molecule has 20 heavy (non-hydrogen) atoms. The van der Waals surface area contributed by atoms with Gasteiger partial charge in [0, 0.05) is 24.5 Å². The molecule has 0 saturated carbocycles. The number of nitrogens with two attached hydrogens (primary N) is 1. The zero-order valence-electron chi connectivity index (χ0n) is 12.0. The summed E-state index contributed by atoms with van der Waals surface area (Å²) in [7, 11) is 0. The van der Waals surface area contributed by atoms with Gasteiger partial charge in [-0.2, -0.15) is 0 Å². The first-order chi connectivity index (χ1) is 9.74. The molecule has 0 spiro atoms. The second-order valence-electron chi connectivity index (χ2n) is 5.71. The van der Waals surface area contributed by atoms with E-state index in [2.05, 4.69) is 48.2 Å². The van der Waals surface area contributed by atoms with Gasteiger partial charge in [0.2, 0.25) is 0 Å². The third-order valence-electron chi connectivity index (χ3n) is 4.36. The van der Waals surface area contributed by atoms with Crippen LogP contribution < -0.4 is 10.6 Å². The van der Waals surface area contributed by atoms with Crippen LogP contribution in [0.2, 0.25) is 0 Å². The molecule has 0 aromatic heterocycles. The van der Waals surface area contributed by atoms with Crippen LogP contribution in [-0.2, 0) is 0 Å². The molecule has 1 fully saturated rings. The Balaban J connectivity index is 1.68. The highest BCUT2D eigenvalue weighted by Gasteiger charge is 2.21. The van der Waals surface area contributed by atoms with E-state index in [-0.39, 0.29) is 0 Å². The third kappa shape index (κ3) is 2.64. The summed E-state index contributed by atoms with van der Waals surface area (Å²) >= 11 is 0. The highest BCUT2D eigenvalue weighted by Crippen LogP contribution is 2.31. The Labute approximate surface area is 121 Å². The van der Waals surface area contributed by atoms with Crippen LogP contribution in [0.1, 0.15) is 29.9 Å². The number of benzene rings is 2. The highest BCUT2D eigenvalue weighted by atomic mass is 15.1. The number of aryl methyl sites for hydroxylation is 1. The quantitative estimate of drug-likeness (QED) is 0.834. The number of hydrogen-bond acceptors (Lipinski definition) is 2. The predicted octanol–water partition coefficient (Wildman–Crippen LogP) is 3.96. The Morgan fingerprint density at radius 2 is 1.60 bits per heavy atom. The Morgan fingerprint density at radius 3 is 2.25 bits per heavy atom. The fourth-order valence-electron chi connectivity index (χ4n) is 3.14. The number of para-hydroxylation sites is 1. The molecule has 0 amide bonds. The van der Waals surface area contributed by atoms with Crippen molar-refractivity contribution in [2.45, 2.75) is 25.7 Å². The molecule has 2 nitrogen and oxygen atoms in total. The topological polar surface area (TPSA) is 29.3 Å². The second kappa shape index (κ2) is 5.58. The van der Waals surface area contributed by atoms with Crippen LogP contribution in [0, 0.1) is 6.92 Å². The van der Waals surface area contributed by atoms with Crippen molar-refractivity contribution in [2.24, 2.45) is 0 Å². The van der Waals surface area contributed by atoms with Crippen LogP contribution in [0.4, 0.5) is 11.4 Å². The molecule has 1 saturated heterocycles. The van der Waals surface area contributed by atoms with Crippen LogP contribution in [0.25, 0.3) is 0 Å². The molecule has 0 bridgehead atoms. The summed E-state index contributed by atoms with van der Waals surface area (Å²) < 4.78 is 0. The van der Waals surface area contributed by atoms with Gasteiger partial charge in [-0.15, -0.1) is 0 Å². The van der Waals surface area contributed by atoms with E-state index in [0.717, 1.165) is 18.8 Å². The van der Waals surface area contributed by atoms with Crippen LogP contribution >= 0.6 is 0 Å². The van der Waals surface area contributed by atoms with E-state index >= 15 is 0 Å². The van der Waals surface area contributed by atoms with Gasteiger partial charge in [0.05, 0.1) is 0 Å². The Hall–Kier alpha value is -1.96. The zero-order valence-corrected chi connectivity index (χ0v) is 12.0. The molecule has 3 rings (SSSR count). The van der Waals surface area contributed by atoms with Gasteiger partial charge in [0.25, 0.3) is 0 Å². The van der Waals surface area contributed by atoms with Crippen LogP contribution in [0.3, 0.4) is 0 Å². The number of nitrogen functional groups attached to an aromatic ring is 1. The van der Waals surface area contributed by atoms with Gasteiger partial charge in [0.1, 0.15) is 0 Å². The van der Waals surface area contributed by atoms with E-state index in [9.17, 15) is 0 Å². The molecular weight excluding hydrogens is 244 g/mol. The smallest absolute Gasteiger partial charge is 0.0395 e. The maximum absolute atomic E-state index is 5.76. The maximum Gasteiger partial charge on any atom is 0.0395 e. The summed E-state index contributed by atoms with van der Waals surface area (Å²) in [6, 6.07) is 17.1. The van der Waals surface area contributed by atoms with E-state index in [1.54, 1.807) is 0 Å². The van der Waals surface area contributed by atoms with E-state index in [1.165, 1.54) is 29.7 Å². The third-order valence-corrected chi connectivity index (χ3v) is 4.36. The molecule has 2 N–H and O–H groups in total. The van der Waals surface area contributed by atoms with Crippen LogP contribution in [0.5, 0.6) is 0 Å². The van der Waals surface area contributed by atoms with Crippen LogP contribution in [-0.4, -0.2) is 13.1 Å². The molecular formula is C18H22N2. The zero-order chi connectivity index (χ0) is 13.9. The monoisotopic (exact) mass is 266 g/mol.